The second-order valence-electron chi connectivity index (χ2n) is 49.9. The highest BCUT2D eigenvalue weighted by molar-refractivity contribution is 6.27. The number of amides is 6. The lowest BCUT2D eigenvalue weighted by molar-refractivity contribution is -0.161. The third-order valence-electron chi connectivity index (χ3n) is 20.7. The van der Waals surface area contributed by atoms with Crippen LogP contribution >= 0.6 is 11.6 Å². The standard InChI is InChI=1S/C14H26N2O.C13H26N2O.C13H25NO2.C12H24N2O.C11H19NO.C11H20O2.C10H20N2O.C10H19NO.C10H18O2.C7H13NO.C5H9ClO/c1-7-10-16(12-14(2,3)4)13(17)9-8-11-15(5)6;1-7-15(11-13(2,3)4)12(16)9-8-10-14(5)6;1-12(2,3)13(4,5)16-11(15)9-8-10-14(6)7;1-12(2,3)10-14(6)11(15)8-7-9-13(4)5;1-5-10(13)12-7-6-9(8-12)11(2,3)4;1-7-8-9(12)13-11(5,6)10(2,3)4;1-10(2,3)11-9(13)7-6-8-12(4)5;1-10(2,3)9(12)7-6-8-11(4)5;1-7-8(11)12-10(5,6)9(2,3)4;1-5-6(9)8-7(2,3)4;1-4(2)5(7)3-6/h7-9H,1,10-12H2,2-6H3;8-9H,7,10-11H2,1-6H3;8-9H,10H2,1-7H3;7-8H,9-10H2,1-6H3;5,9H,1,6-8H2,2-4H3;7-8H,1-6H3;6-7H,8H2,1-5H3,(H,11,13);6-7H,8H2,1-5H3;7H,1H2,2-6H3;5H,1H2,2-4H3,(H,8,9);4H,3H2,1-2H3/b3*9-8+;8-7+;;8-7+;2*7-6+;;;. The van der Waals surface area contributed by atoms with Gasteiger partial charge >= 0.3 is 17.9 Å². The zero-order valence-electron chi connectivity index (χ0n) is 102. The van der Waals surface area contributed by atoms with Crippen LogP contribution in [0.1, 0.15) is 283 Å². The fourth-order valence-electron chi connectivity index (χ4n) is 9.69. The van der Waals surface area contributed by atoms with Crippen LogP contribution in [0, 0.1) is 55.2 Å². The molecule has 6 amide bonds. The molecule has 834 valence electrons. The summed E-state index contributed by atoms with van der Waals surface area (Å²) in [6, 6.07) is 0. The summed E-state index contributed by atoms with van der Waals surface area (Å²) >= 11 is 5.20. The van der Waals surface area contributed by atoms with Crippen LogP contribution in [-0.4, -0.2) is 324 Å². The number of ether oxygens (including phenoxy) is 3. The molecule has 1 atom stereocenters. The van der Waals surface area contributed by atoms with Crippen LogP contribution < -0.4 is 10.6 Å². The van der Waals surface area contributed by atoms with E-state index >= 15 is 0 Å². The predicted molar refractivity (Wildman–Crippen MR) is 610 cm³/mol. The quantitative estimate of drug-likeness (QED) is 0.0203. The molecule has 0 aromatic rings. The van der Waals surface area contributed by atoms with Crippen molar-refractivity contribution in [2.45, 2.75) is 311 Å². The van der Waals surface area contributed by atoms with Gasteiger partial charge in [-0.3, -0.25) is 38.4 Å². The molecule has 2 N–H and O–H groups in total. The average molecular weight is 2040 g/mol. The Bertz CT molecular complexity index is 3860. The van der Waals surface area contributed by atoms with Crippen molar-refractivity contribution in [3.05, 3.63) is 136 Å². The number of hydrogen-bond donors (Lipinski definition) is 2. The molecule has 0 radical (unpaired) electrons. The van der Waals surface area contributed by atoms with E-state index in [-0.39, 0.29) is 126 Å². The number of nitrogens with zero attached hydrogens (tertiary/aromatic N) is 10. The first-order chi connectivity index (χ1) is 63.9. The second-order valence-corrected chi connectivity index (χ2v) is 50.1. The van der Waals surface area contributed by atoms with E-state index in [4.69, 9.17) is 25.8 Å². The summed E-state index contributed by atoms with van der Waals surface area (Å²) < 4.78 is 16.0. The van der Waals surface area contributed by atoms with Crippen LogP contribution in [-0.2, 0) is 67.0 Å². The number of halogens is 1. The molecule has 0 spiro atoms. The Morgan fingerprint density at radius 3 is 0.944 bits per heavy atom. The molecule has 1 fully saturated rings. The topological polar surface area (TPSA) is 272 Å². The summed E-state index contributed by atoms with van der Waals surface area (Å²) in [5.41, 5.74) is -1.37. The summed E-state index contributed by atoms with van der Waals surface area (Å²) in [7, 11) is 25.5. The third kappa shape index (κ3) is 101. The van der Waals surface area contributed by atoms with Gasteiger partial charge in [0.05, 0.1) is 5.88 Å². The number of rotatable bonds is 33. The summed E-state index contributed by atoms with van der Waals surface area (Å²) in [6.07, 6.45) is 30.8. The maximum Gasteiger partial charge on any atom is 0.331 e. The van der Waals surface area contributed by atoms with Gasteiger partial charge in [0.2, 0.25) is 35.4 Å². The number of carbonyl (C=O) groups excluding carboxylic acids is 11. The lowest BCUT2D eigenvalue weighted by atomic mass is 9.79. The number of alkyl halides is 1. The molecule has 0 aromatic carbocycles. The lowest BCUT2D eigenvalue weighted by Crippen LogP contribution is -2.40. The molecule has 1 saturated heterocycles. The number of ketones is 2. The molecule has 1 unspecified atom stereocenters. The predicted octanol–water partition coefficient (Wildman–Crippen LogP) is 21.1. The van der Waals surface area contributed by atoms with Gasteiger partial charge in [0.25, 0.3) is 0 Å². The Hall–Kier alpha value is -8.24. The van der Waals surface area contributed by atoms with Gasteiger partial charge < -0.3 is 73.8 Å². The minimum Gasteiger partial charge on any atom is -0.456 e. The van der Waals surface area contributed by atoms with Gasteiger partial charge in [0.15, 0.2) is 5.78 Å². The van der Waals surface area contributed by atoms with Crippen molar-refractivity contribution in [1.82, 2.24) is 59.6 Å². The molecule has 1 aliphatic heterocycles. The maximum absolute atomic E-state index is 12.0. The number of esters is 3. The second kappa shape index (κ2) is 75.5. The van der Waals surface area contributed by atoms with Crippen molar-refractivity contribution in [3.8, 4) is 0 Å². The first-order valence-electron chi connectivity index (χ1n) is 50.0. The van der Waals surface area contributed by atoms with Crippen molar-refractivity contribution in [3.63, 3.8) is 0 Å². The number of Topliss-reactive ketones (excluding diaryl/α,β-unsaturated/α-hetero) is 1. The Balaban J connectivity index is -0.000000171. The van der Waals surface area contributed by atoms with Crippen molar-refractivity contribution in [2.75, 3.05) is 183 Å². The van der Waals surface area contributed by atoms with Crippen molar-refractivity contribution in [1.29, 1.82) is 0 Å². The molecule has 26 nitrogen and oxygen atoms in total. The molecule has 1 rings (SSSR count). The number of allylic oxidation sites excluding steroid dienone is 2. The molecule has 0 bridgehead atoms. The number of nitrogens with one attached hydrogen (secondary N) is 2. The van der Waals surface area contributed by atoms with Crippen LogP contribution in [0.3, 0.4) is 0 Å². The first kappa shape index (κ1) is 155. The van der Waals surface area contributed by atoms with Gasteiger partial charge in [-0.05, 0) is 234 Å². The van der Waals surface area contributed by atoms with Gasteiger partial charge in [0.1, 0.15) is 22.6 Å². The van der Waals surface area contributed by atoms with E-state index in [9.17, 15) is 52.7 Å². The fraction of sp³-hybridized carbons (Fsp3) is 0.716. The smallest absolute Gasteiger partial charge is 0.331 e. The highest BCUT2D eigenvalue weighted by Gasteiger charge is 2.39. The maximum atomic E-state index is 12.0. The van der Waals surface area contributed by atoms with Gasteiger partial charge in [-0.1, -0.05) is 248 Å². The minimum atomic E-state index is -0.466. The zero-order chi connectivity index (χ0) is 116. The third-order valence-corrected chi connectivity index (χ3v) is 21.0. The Morgan fingerprint density at radius 2 is 0.692 bits per heavy atom. The molecule has 0 saturated carbocycles. The van der Waals surface area contributed by atoms with E-state index in [1.54, 1.807) is 60.4 Å². The average Bonchev–Trinajstić information content (AvgIpc) is 1.26. The molecule has 0 aliphatic carbocycles. The molecule has 1 heterocycles. The normalized spacial score (nSPS) is 13.4. The molecule has 143 heavy (non-hydrogen) atoms. The number of hydrogen-bond acceptors (Lipinski definition) is 20. The summed E-state index contributed by atoms with van der Waals surface area (Å²) in [6.45, 7) is 105. The van der Waals surface area contributed by atoms with E-state index in [2.05, 4.69) is 162 Å². The molecular weight excluding hydrogens is 1820 g/mol. The van der Waals surface area contributed by atoms with Crippen LogP contribution in [0.5, 0.6) is 0 Å². The van der Waals surface area contributed by atoms with E-state index in [1.807, 2.05) is 311 Å². The van der Waals surface area contributed by atoms with E-state index in [0.29, 0.717) is 17.9 Å². The van der Waals surface area contributed by atoms with Crippen LogP contribution in [0.25, 0.3) is 0 Å². The van der Waals surface area contributed by atoms with Crippen LogP contribution in [0.15, 0.2) is 136 Å². The SMILES string of the molecule is C/C=C/C(=O)OC(C)(C)C(C)(C)C.C=CC(=O)N1CCC(C(C)(C)C)C1.C=CC(=O)NC(C)(C)C.C=CC(=O)OC(C)(C)C(C)(C)C.C=CCN(CC(C)(C)C)C(=O)/C=C/CN(C)C.CC(C)C(=O)CCl.CCN(CC(C)(C)C)C(=O)/C=C/CN(C)C.CN(C)C/C=C/C(=O)C(C)(C)C.CN(C)C/C=C/C(=O)N(C)CC(C)(C)C.CN(C)C/C=C/C(=O)NC(C)(C)C.CN(C)C/C=C/C(=O)OC(C)(C)C(C)(C)C. The summed E-state index contributed by atoms with van der Waals surface area (Å²) in [5, 5.41) is 5.56. The van der Waals surface area contributed by atoms with E-state index in [1.165, 1.54) is 30.4 Å². The largest absolute Gasteiger partial charge is 0.456 e. The van der Waals surface area contributed by atoms with Gasteiger partial charge in [-0.2, -0.15) is 0 Å². The minimum absolute atomic E-state index is 0.0330. The Morgan fingerprint density at radius 1 is 0.385 bits per heavy atom. The Kier molecular flexibility index (Phi) is 81.7. The summed E-state index contributed by atoms with van der Waals surface area (Å²) in [4.78, 5) is 143. The van der Waals surface area contributed by atoms with E-state index < -0.39 is 16.8 Å². The number of carbonyl (C=O) groups is 11. The molecule has 1 aliphatic rings. The molecule has 0 aromatic heterocycles. The van der Waals surface area contributed by atoms with Crippen molar-refractivity contribution in [2.24, 2.45) is 55.2 Å². The number of likely N-dealkylation sites (N-methyl/N-ethyl adjacent to an activating group) is 8. The Labute approximate surface area is 882 Å². The first-order valence-corrected chi connectivity index (χ1v) is 50.5. The van der Waals surface area contributed by atoms with Crippen LogP contribution in [0.4, 0.5) is 0 Å². The highest BCUT2D eigenvalue weighted by Crippen LogP contribution is 2.36. The van der Waals surface area contributed by atoms with Gasteiger partial charge in [0, 0.05) is 173 Å². The molecule has 27 heteroatoms. The lowest BCUT2D eigenvalue weighted by Gasteiger charge is -2.37. The van der Waals surface area contributed by atoms with Crippen molar-refractivity contribution >= 4 is 76.5 Å². The molecular formula is C116H219ClN12O14. The monoisotopic (exact) mass is 2040 g/mol. The summed E-state index contributed by atoms with van der Waals surface area (Å²) in [5.74, 6) is 0.424. The van der Waals surface area contributed by atoms with E-state index in [0.717, 1.165) is 85.0 Å². The highest BCUT2D eigenvalue weighted by atomic mass is 35.5. The van der Waals surface area contributed by atoms with Gasteiger partial charge in [-0.25, -0.2) is 14.4 Å². The van der Waals surface area contributed by atoms with Gasteiger partial charge in [-0.15, -0.1) is 18.2 Å². The number of likely N-dealkylation sites (tertiary alicyclic amines) is 1. The fourth-order valence-corrected chi connectivity index (χ4v) is 10.0. The van der Waals surface area contributed by atoms with Crippen molar-refractivity contribution < 1.29 is 67.0 Å². The zero-order valence-corrected chi connectivity index (χ0v) is 102. The van der Waals surface area contributed by atoms with Crippen LogP contribution in [0.2, 0.25) is 0 Å².